The highest BCUT2D eigenvalue weighted by atomic mass is 32.2. The van der Waals surface area contributed by atoms with Crippen molar-refractivity contribution in [1.29, 1.82) is 0 Å². The van der Waals surface area contributed by atoms with Crippen molar-refractivity contribution in [3.8, 4) is 11.5 Å². The van der Waals surface area contributed by atoms with E-state index >= 15 is 0 Å². The van der Waals surface area contributed by atoms with E-state index in [2.05, 4.69) is 10.3 Å². The molecule has 1 atom stereocenters. The number of carbonyl (C=O) groups excluding carboxylic acids is 1. The molecule has 3 aromatic carbocycles. The molecule has 1 aromatic heterocycles. The first-order valence-electron chi connectivity index (χ1n) is 12.2. The second-order valence-electron chi connectivity index (χ2n) is 8.93. The highest BCUT2D eigenvalue weighted by molar-refractivity contribution is 7.90. The molecule has 7 nitrogen and oxygen atoms in total. The highest BCUT2D eigenvalue weighted by Crippen LogP contribution is 2.45. The molecule has 0 saturated heterocycles. The molecule has 4 aromatic rings. The summed E-state index contributed by atoms with van der Waals surface area (Å²) >= 11 is -1.28. The van der Waals surface area contributed by atoms with Crippen molar-refractivity contribution in [1.82, 2.24) is 9.55 Å². The van der Waals surface area contributed by atoms with Gasteiger partial charge in [-0.15, -0.1) is 0 Å². The number of rotatable bonds is 10. The molecule has 0 radical (unpaired) electrons. The van der Waals surface area contributed by atoms with Gasteiger partial charge in [0.05, 0.1) is 12.9 Å². The van der Waals surface area contributed by atoms with Gasteiger partial charge >= 0.3 is 0 Å². The Hall–Kier alpha value is -3.59. The van der Waals surface area contributed by atoms with Gasteiger partial charge in [0.15, 0.2) is 4.90 Å². The number of aromatic nitrogens is 2. The molecule has 1 unspecified atom stereocenters. The average molecular weight is 516 g/mol. The number of imidazole rings is 1. The minimum atomic E-state index is -1.28. The molecule has 1 aliphatic heterocycles. The Morgan fingerprint density at radius 3 is 2.49 bits per heavy atom. The number of nitrogens with one attached hydrogen (secondary N) is 1. The van der Waals surface area contributed by atoms with Gasteiger partial charge in [-0.3, -0.25) is 4.79 Å². The average Bonchev–Trinajstić information content (AvgIpc) is 3.42. The van der Waals surface area contributed by atoms with Crippen LogP contribution in [0.4, 0.5) is 5.69 Å². The Bertz CT molecular complexity index is 1310. The molecule has 5 rings (SSSR count). The van der Waals surface area contributed by atoms with Crippen molar-refractivity contribution >= 4 is 22.8 Å². The summed E-state index contributed by atoms with van der Waals surface area (Å²) in [6, 6.07) is 21.2. The van der Waals surface area contributed by atoms with Crippen molar-refractivity contribution in [2.75, 3.05) is 18.2 Å². The molecule has 1 amide bonds. The molecule has 0 spiro atoms. The number of hydrogen-bond acceptors (Lipinski definition) is 5. The first-order chi connectivity index (χ1) is 18.1. The van der Waals surface area contributed by atoms with E-state index in [0.29, 0.717) is 23.8 Å². The topological polar surface area (TPSA) is 88.4 Å². The van der Waals surface area contributed by atoms with Gasteiger partial charge < -0.3 is 23.9 Å². The second kappa shape index (κ2) is 11.6. The number of amides is 1. The first kappa shape index (κ1) is 25.1. The Balaban J connectivity index is 1.31. The van der Waals surface area contributed by atoms with Crippen LogP contribution in [0.3, 0.4) is 0 Å². The smallest absolute Gasteiger partial charge is 0.225 e. The number of aryl methyl sites for hydroxylation is 1. The maximum atomic E-state index is 13.4. The fourth-order valence-electron chi connectivity index (χ4n) is 4.63. The van der Waals surface area contributed by atoms with Gasteiger partial charge in [-0.25, -0.2) is 4.98 Å². The van der Waals surface area contributed by atoms with E-state index in [1.54, 1.807) is 24.8 Å². The minimum absolute atomic E-state index is 0.150. The van der Waals surface area contributed by atoms with E-state index in [1.807, 2.05) is 71.4 Å². The van der Waals surface area contributed by atoms with E-state index in [4.69, 9.17) is 9.47 Å². The van der Waals surface area contributed by atoms with E-state index in [1.165, 1.54) is 0 Å². The van der Waals surface area contributed by atoms with Crippen LogP contribution in [0.2, 0.25) is 0 Å². The number of hydrogen-bond donors (Lipinski definition) is 1. The van der Waals surface area contributed by atoms with Crippen LogP contribution in [-0.2, 0) is 33.9 Å². The third-order valence-corrected chi connectivity index (χ3v) is 7.37. The van der Waals surface area contributed by atoms with Gasteiger partial charge in [-0.1, -0.05) is 48.5 Å². The fraction of sp³-hybridized carbons (Fsp3) is 0.241. The minimum Gasteiger partial charge on any atom is -0.612 e. The van der Waals surface area contributed by atoms with Crippen LogP contribution in [0.25, 0.3) is 0 Å². The van der Waals surface area contributed by atoms with Crippen molar-refractivity contribution in [3.05, 3.63) is 102 Å². The number of benzene rings is 3. The normalized spacial score (nSPS) is 13.4. The highest BCUT2D eigenvalue weighted by Gasteiger charge is 2.29. The largest absolute Gasteiger partial charge is 0.612 e. The summed E-state index contributed by atoms with van der Waals surface area (Å²) in [6.07, 6.45) is 8.13. The molecule has 1 aliphatic rings. The van der Waals surface area contributed by atoms with Crippen LogP contribution in [0.5, 0.6) is 11.5 Å². The zero-order chi connectivity index (χ0) is 25.6. The van der Waals surface area contributed by atoms with Crippen LogP contribution < -0.4 is 10.1 Å². The number of nitrogens with zero attached hydrogens (tertiary/aromatic N) is 2. The van der Waals surface area contributed by atoms with Crippen molar-refractivity contribution in [2.24, 2.45) is 0 Å². The number of anilines is 1. The molecule has 0 fully saturated rings. The van der Waals surface area contributed by atoms with Crippen molar-refractivity contribution < 1.29 is 18.8 Å². The van der Waals surface area contributed by atoms with E-state index in [-0.39, 0.29) is 18.2 Å². The summed E-state index contributed by atoms with van der Waals surface area (Å²) in [5.41, 5.74) is 3.32. The van der Waals surface area contributed by atoms with Crippen LogP contribution in [-0.4, -0.2) is 32.9 Å². The van der Waals surface area contributed by atoms with Crippen LogP contribution >= 0.6 is 0 Å². The third kappa shape index (κ3) is 5.88. The Morgan fingerprint density at radius 2 is 1.81 bits per heavy atom. The molecular weight excluding hydrogens is 486 g/mol. The summed E-state index contributed by atoms with van der Waals surface area (Å²) < 4.78 is 26.5. The molecule has 2 heterocycles. The predicted octanol–water partition coefficient (Wildman–Crippen LogP) is 5.49. The third-order valence-electron chi connectivity index (χ3n) is 6.41. The molecular formula is C29H29N3O4S. The molecule has 0 bridgehead atoms. The molecule has 0 aliphatic carbocycles. The lowest BCUT2D eigenvalue weighted by Gasteiger charge is -2.28. The maximum Gasteiger partial charge on any atom is 0.225 e. The van der Waals surface area contributed by atoms with Crippen LogP contribution in [0, 0.1) is 0 Å². The SMILES string of the molecule is C[S+]([O-])c1cccc(COCCCn2ccnc2)c1NC(=O)CC1c2ccccc2Oc2ccccc21. The summed E-state index contributed by atoms with van der Waals surface area (Å²) in [4.78, 5) is 18.1. The fourth-order valence-corrected chi connectivity index (χ4v) is 5.37. The van der Waals surface area contributed by atoms with Gasteiger partial charge in [0.1, 0.15) is 23.4 Å². The van der Waals surface area contributed by atoms with E-state index in [9.17, 15) is 9.35 Å². The summed E-state index contributed by atoms with van der Waals surface area (Å²) in [7, 11) is 0. The quantitative estimate of drug-likeness (QED) is 0.223. The van der Waals surface area contributed by atoms with Crippen LogP contribution in [0.15, 0.2) is 90.3 Å². The second-order valence-corrected chi connectivity index (χ2v) is 10.3. The predicted molar refractivity (Wildman–Crippen MR) is 143 cm³/mol. The monoisotopic (exact) mass is 515 g/mol. The number of ether oxygens (including phenoxy) is 2. The lowest BCUT2D eigenvalue weighted by Crippen LogP contribution is -2.21. The Kier molecular flexibility index (Phi) is 7.89. The lowest BCUT2D eigenvalue weighted by molar-refractivity contribution is -0.116. The summed E-state index contributed by atoms with van der Waals surface area (Å²) in [5.74, 6) is 1.22. The number of fused-ring (bicyclic) bond motifs is 2. The zero-order valence-corrected chi connectivity index (χ0v) is 21.4. The Labute approximate surface area is 219 Å². The summed E-state index contributed by atoms with van der Waals surface area (Å²) in [5, 5.41) is 3.07. The molecule has 1 N–H and O–H groups in total. The molecule has 37 heavy (non-hydrogen) atoms. The summed E-state index contributed by atoms with van der Waals surface area (Å²) in [6.45, 7) is 1.69. The van der Waals surface area contributed by atoms with Gasteiger partial charge in [0, 0.05) is 54.6 Å². The van der Waals surface area contributed by atoms with E-state index < -0.39 is 11.2 Å². The van der Waals surface area contributed by atoms with Crippen LogP contribution in [0.1, 0.15) is 35.4 Å². The van der Waals surface area contributed by atoms with Gasteiger partial charge in [0.25, 0.3) is 0 Å². The van der Waals surface area contributed by atoms with Gasteiger partial charge in [-0.2, -0.15) is 0 Å². The van der Waals surface area contributed by atoms with Crippen molar-refractivity contribution in [3.63, 3.8) is 0 Å². The van der Waals surface area contributed by atoms with Gasteiger partial charge in [-0.05, 0) is 35.8 Å². The first-order valence-corrected chi connectivity index (χ1v) is 13.8. The van der Waals surface area contributed by atoms with E-state index in [0.717, 1.165) is 41.2 Å². The lowest BCUT2D eigenvalue weighted by atomic mass is 9.85. The Morgan fingerprint density at radius 1 is 1.08 bits per heavy atom. The number of carbonyl (C=O) groups is 1. The molecule has 8 heteroatoms. The number of para-hydroxylation sites is 3. The standard InChI is InChI=1S/C29H29N3O4S/c1-37(34)27-13-6-8-21(19-35-17-7-15-32-16-14-30-20-32)29(27)31-28(33)18-24-22-9-2-4-11-25(22)36-26-12-5-3-10-23(24)26/h2-6,8-14,16,20,24H,7,15,17-19H2,1H3,(H,31,33). The molecule has 0 saturated carbocycles. The molecule has 190 valence electrons. The van der Waals surface area contributed by atoms with Crippen molar-refractivity contribution in [2.45, 2.75) is 36.8 Å². The van der Waals surface area contributed by atoms with Gasteiger partial charge in [0.2, 0.25) is 5.91 Å². The zero-order valence-electron chi connectivity index (χ0n) is 20.6. The maximum absolute atomic E-state index is 13.4.